The van der Waals surface area contributed by atoms with Gasteiger partial charge in [0.05, 0.1) is 6.61 Å². The van der Waals surface area contributed by atoms with E-state index < -0.39 is 5.97 Å². The summed E-state index contributed by atoms with van der Waals surface area (Å²) in [5, 5.41) is 0.615. The van der Waals surface area contributed by atoms with Gasteiger partial charge in [0.2, 0.25) is 0 Å². The molecule has 1 heterocycles. The molecule has 0 amide bonds. The van der Waals surface area contributed by atoms with Gasteiger partial charge in [-0.15, -0.1) is 0 Å². The van der Waals surface area contributed by atoms with Crippen LogP contribution in [0.4, 0.5) is 0 Å². The quantitative estimate of drug-likeness (QED) is 0.801. The number of nitrogens with zero attached hydrogens (tertiary/aromatic N) is 1. The van der Waals surface area contributed by atoms with E-state index in [1.54, 1.807) is 25.1 Å². The van der Waals surface area contributed by atoms with Gasteiger partial charge in [0, 0.05) is 5.02 Å². The Hall–Kier alpha value is -2.01. The van der Waals surface area contributed by atoms with E-state index in [1.807, 2.05) is 6.92 Å². The van der Waals surface area contributed by atoms with Crippen molar-refractivity contribution in [1.29, 1.82) is 0 Å². The van der Waals surface area contributed by atoms with Crippen LogP contribution in [-0.2, 0) is 4.74 Å². The first-order chi connectivity index (χ1) is 9.10. The molecular weight excluding hydrogens is 270 g/mol. The molecule has 0 atom stereocenters. The molecule has 0 aliphatic carbocycles. The van der Waals surface area contributed by atoms with Gasteiger partial charge >= 0.3 is 12.0 Å². The fraction of sp³-hybridized carbons (Fsp3) is 0.231. The first-order valence-electron chi connectivity index (χ1n) is 5.67. The lowest BCUT2D eigenvalue weighted by atomic mass is 10.2. The highest BCUT2D eigenvalue weighted by atomic mass is 35.5. The fourth-order valence-electron chi connectivity index (χ4n) is 1.42. The Labute approximate surface area is 115 Å². The summed E-state index contributed by atoms with van der Waals surface area (Å²) in [6.45, 7) is 3.83. The minimum atomic E-state index is -0.547. The number of aryl methyl sites for hydroxylation is 1. The van der Waals surface area contributed by atoms with Crippen LogP contribution in [0.25, 0.3) is 0 Å². The van der Waals surface area contributed by atoms with Crippen LogP contribution >= 0.6 is 11.6 Å². The van der Waals surface area contributed by atoms with Crippen molar-refractivity contribution < 1.29 is 18.7 Å². The summed E-state index contributed by atoms with van der Waals surface area (Å²) in [4.78, 5) is 15.3. The van der Waals surface area contributed by atoms with E-state index in [9.17, 15) is 4.79 Å². The Morgan fingerprint density at radius 3 is 2.95 bits per heavy atom. The number of ether oxygens (including phenoxy) is 2. The van der Waals surface area contributed by atoms with Gasteiger partial charge in [0.1, 0.15) is 12.0 Å². The van der Waals surface area contributed by atoms with Crippen molar-refractivity contribution in [3.63, 3.8) is 0 Å². The van der Waals surface area contributed by atoms with Gasteiger partial charge in [-0.1, -0.05) is 11.6 Å². The highest BCUT2D eigenvalue weighted by Gasteiger charge is 2.15. The van der Waals surface area contributed by atoms with Gasteiger partial charge in [-0.3, -0.25) is 0 Å². The molecule has 100 valence electrons. The second-order valence-corrected chi connectivity index (χ2v) is 4.17. The molecule has 19 heavy (non-hydrogen) atoms. The van der Waals surface area contributed by atoms with Crippen LogP contribution in [0.2, 0.25) is 5.02 Å². The summed E-state index contributed by atoms with van der Waals surface area (Å²) in [6, 6.07) is 5.15. The van der Waals surface area contributed by atoms with Crippen molar-refractivity contribution in [1.82, 2.24) is 4.98 Å². The van der Waals surface area contributed by atoms with E-state index in [-0.39, 0.29) is 18.4 Å². The molecule has 0 fully saturated rings. The highest BCUT2D eigenvalue weighted by Crippen LogP contribution is 2.26. The predicted octanol–water partition coefficient (Wildman–Crippen LogP) is 3.61. The highest BCUT2D eigenvalue weighted by molar-refractivity contribution is 6.30. The first kappa shape index (κ1) is 13.4. The number of aromatic nitrogens is 1. The van der Waals surface area contributed by atoms with Crippen molar-refractivity contribution in [2.75, 3.05) is 6.61 Å². The monoisotopic (exact) mass is 281 g/mol. The van der Waals surface area contributed by atoms with E-state index in [0.717, 1.165) is 5.56 Å². The molecule has 2 aromatic rings. The number of oxazole rings is 1. The molecule has 0 radical (unpaired) electrons. The van der Waals surface area contributed by atoms with Crippen LogP contribution in [0, 0.1) is 6.92 Å². The number of esters is 1. The van der Waals surface area contributed by atoms with Crippen LogP contribution in [0.3, 0.4) is 0 Å². The molecule has 0 N–H and O–H groups in total. The van der Waals surface area contributed by atoms with Crippen molar-refractivity contribution >= 4 is 17.6 Å². The second-order valence-electron chi connectivity index (χ2n) is 3.73. The molecule has 0 unspecified atom stereocenters. The zero-order valence-corrected chi connectivity index (χ0v) is 11.2. The summed E-state index contributed by atoms with van der Waals surface area (Å²) in [5.74, 6) is 0.00980. The number of hydrogen-bond donors (Lipinski definition) is 0. The van der Waals surface area contributed by atoms with Gasteiger partial charge in [0.25, 0.3) is 0 Å². The van der Waals surface area contributed by atoms with Gasteiger partial charge in [0.15, 0.2) is 5.69 Å². The SMILES string of the molecule is CCOC(=O)c1coc(Oc2ccc(Cl)cc2C)n1. The molecule has 0 saturated heterocycles. The van der Waals surface area contributed by atoms with Crippen LogP contribution in [0.15, 0.2) is 28.9 Å². The first-order valence-corrected chi connectivity index (χ1v) is 6.04. The summed E-state index contributed by atoms with van der Waals surface area (Å²) in [6.07, 6.45) is 1.17. The Balaban J connectivity index is 2.13. The van der Waals surface area contributed by atoms with Crippen LogP contribution in [-0.4, -0.2) is 17.6 Å². The van der Waals surface area contributed by atoms with E-state index in [2.05, 4.69) is 4.98 Å². The normalized spacial score (nSPS) is 10.3. The topological polar surface area (TPSA) is 61.6 Å². The standard InChI is InChI=1S/C13H12ClNO4/c1-3-17-12(16)10-7-18-13(15-10)19-11-5-4-9(14)6-8(11)2/h4-7H,3H2,1-2H3. The molecule has 0 saturated carbocycles. The Morgan fingerprint density at radius 1 is 1.47 bits per heavy atom. The average Bonchev–Trinajstić information content (AvgIpc) is 2.82. The third kappa shape index (κ3) is 3.26. The number of rotatable bonds is 4. The summed E-state index contributed by atoms with van der Waals surface area (Å²) >= 11 is 5.84. The molecule has 0 aliphatic rings. The molecule has 6 heteroatoms. The number of carbonyl (C=O) groups is 1. The lowest BCUT2D eigenvalue weighted by molar-refractivity contribution is 0.0519. The largest absolute Gasteiger partial charge is 0.461 e. The molecule has 5 nitrogen and oxygen atoms in total. The van der Waals surface area contributed by atoms with Crippen LogP contribution in [0.1, 0.15) is 23.0 Å². The Bertz CT molecular complexity index is 594. The summed E-state index contributed by atoms with van der Waals surface area (Å²) < 4.78 is 15.3. The second kappa shape index (κ2) is 5.75. The summed E-state index contributed by atoms with van der Waals surface area (Å²) in [7, 11) is 0. The molecule has 1 aromatic heterocycles. The van der Waals surface area contributed by atoms with E-state index in [1.165, 1.54) is 6.26 Å². The van der Waals surface area contributed by atoms with Crippen LogP contribution in [0.5, 0.6) is 11.8 Å². The molecule has 0 bridgehead atoms. The maximum Gasteiger partial charge on any atom is 0.399 e. The number of carbonyl (C=O) groups excluding carboxylic acids is 1. The Kier molecular flexibility index (Phi) is 4.06. The average molecular weight is 282 g/mol. The Morgan fingerprint density at radius 2 is 2.26 bits per heavy atom. The lowest BCUT2D eigenvalue weighted by Gasteiger charge is -2.04. The zero-order chi connectivity index (χ0) is 13.8. The van der Waals surface area contributed by atoms with E-state index in [4.69, 9.17) is 25.5 Å². The smallest absolute Gasteiger partial charge is 0.399 e. The van der Waals surface area contributed by atoms with Gasteiger partial charge < -0.3 is 13.9 Å². The van der Waals surface area contributed by atoms with Crippen molar-refractivity contribution in [3.05, 3.63) is 40.7 Å². The molecule has 1 aromatic carbocycles. The molecular formula is C13H12ClNO4. The minimum absolute atomic E-state index is 0.0199. The van der Waals surface area contributed by atoms with Gasteiger partial charge in [-0.25, -0.2) is 4.79 Å². The predicted molar refractivity (Wildman–Crippen MR) is 68.7 cm³/mol. The third-order valence-corrected chi connectivity index (χ3v) is 2.54. The third-order valence-electron chi connectivity index (χ3n) is 2.30. The zero-order valence-electron chi connectivity index (χ0n) is 10.5. The summed E-state index contributed by atoms with van der Waals surface area (Å²) in [5.41, 5.74) is 0.909. The van der Waals surface area contributed by atoms with Crippen molar-refractivity contribution in [2.24, 2.45) is 0 Å². The molecule has 0 aliphatic heterocycles. The number of hydrogen-bond acceptors (Lipinski definition) is 5. The number of halogens is 1. The van der Waals surface area contributed by atoms with E-state index >= 15 is 0 Å². The fourth-order valence-corrected chi connectivity index (χ4v) is 1.65. The minimum Gasteiger partial charge on any atom is -0.461 e. The van der Waals surface area contributed by atoms with Crippen molar-refractivity contribution in [3.8, 4) is 11.8 Å². The lowest BCUT2D eigenvalue weighted by Crippen LogP contribution is -2.04. The molecule has 0 spiro atoms. The van der Waals surface area contributed by atoms with E-state index in [0.29, 0.717) is 10.8 Å². The number of benzene rings is 1. The van der Waals surface area contributed by atoms with Gasteiger partial charge in [-0.2, -0.15) is 4.98 Å². The maximum atomic E-state index is 11.4. The van der Waals surface area contributed by atoms with Crippen LogP contribution < -0.4 is 4.74 Å². The van der Waals surface area contributed by atoms with Crippen molar-refractivity contribution in [2.45, 2.75) is 13.8 Å². The van der Waals surface area contributed by atoms with Gasteiger partial charge in [-0.05, 0) is 37.6 Å². The molecule has 2 rings (SSSR count). The maximum absolute atomic E-state index is 11.4.